The first-order valence-corrected chi connectivity index (χ1v) is 10.5. The minimum Gasteiger partial charge on any atom is -0.257 e. The second kappa shape index (κ2) is 8.71. The number of benzene rings is 2. The van der Waals surface area contributed by atoms with Gasteiger partial charge in [0.2, 0.25) is 0 Å². The topological polar surface area (TPSA) is 25.2 Å². The van der Waals surface area contributed by atoms with Crippen LogP contribution in [0.3, 0.4) is 0 Å². The number of aromatic nitrogens is 1. The lowest BCUT2D eigenvalue weighted by molar-refractivity contribution is 0.560. The van der Waals surface area contributed by atoms with Crippen LogP contribution >= 0.6 is 11.8 Å². The van der Waals surface area contributed by atoms with Crippen molar-refractivity contribution in [3.05, 3.63) is 59.8 Å². The van der Waals surface area contributed by atoms with E-state index >= 15 is 0 Å². The van der Waals surface area contributed by atoms with E-state index < -0.39 is 0 Å². The summed E-state index contributed by atoms with van der Waals surface area (Å²) < 4.78 is 0. The highest BCUT2D eigenvalue weighted by molar-refractivity contribution is 7.99. The average molecular weight is 377 g/mol. The van der Waals surface area contributed by atoms with Crippen LogP contribution in [0.4, 0.5) is 5.69 Å². The Morgan fingerprint density at radius 1 is 1.07 bits per heavy atom. The smallest absolute Gasteiger partial charge is 0.0847 e. The van der Waals surface area contributed by atoms with E-state index in [0.29, 0.717) is 0 Å². The summed E-state index contributed by atoms with van der Waals surface area (Å²) in [5.41, 5.74) is 5.63. The van der Waals surface area contributed by atoms with Gasteiger partial charge in [0, 0.05) is 20.9 Å². The summed E-state index contributed by atoms with van der Waals surface area (Å²) in [6.07, 6.45) is 4.25. The highest BCUT2D eigenvalue weighted by Crippen LogP contribution is 2.33. The van der Waals surface area contributed by atoms with Crippen LogP contribution in [0.5, 0.6) is 0 Å². The zero-order chi connectivity index (χ0) is 19.4. The van der Waals surface area contributed by atoms with Crippen LogP contribution in [0.2, 0.25) is 0 Å². The maximum absolute atomic E-state index is 4.61. The fourth-order valence-corrected chi connectivity index (χ4v) is 3.94. The van der Waals surface area contributed by atoms with Crippen LogP contribution in [0.1, 0.15) is 45.2 Å². The molecule has 1 atom stereocenters. The Labute approximate surface area is 167 Å². The maximum Gasteiger partial charge on any atom is 0.0847 e. The quantitative estimate of drug-likeness (QED) is 0.419. The second-order valence-electron chi connectivity index (χ2n) is 7.47. The van der Waals surface area contributed by atoms with E-state index in [1.165, 1.54) is 32.7 Å². The van der Waals surface area contributed by atoms with Crippen molar-refractivity contribution >= 4 is 34.1 Å². The Bertz CT molecular complexity index is 954. The summed E-state index contributed by atoms with van der Waals surface area (Å²) in [4.78, 5) is 11.7. The molecule has 140 valence electrons. The lowest BCUT2D eigenvalue weighted by atomic mass is 9.99. The molecule has 0 aliphatic heterocycles. The molecule has 0 bridgehead atoms. The van der Waals surface area contributed by atoms with Crippen molar-refractivity contribution < 1.29 is 0 Å². The Morgan fingerprint density at radius 2 is 1.78 bits per heavy atom. The van der Waals surface area contributed by atoms with Gasteiger partial charge in [-0.1, -0.05) is 44.2 Å². The second-order valence-corrected chi connectivity index (χ2v) is 8.62. The van der Waals surface area contributed by atoms with Crippen molar-refractivity contribution in [3.63, 3.8) is 0 Å². The van der Waals surface area contributed by atoms with Crippen LogP contribution in [-0.2, 0) is 6.42 Å². The average Bonchev–Trinajstić information content (AvgIpc) is 2.65. The Morgan fingerprint density at radius 3 is 2.44 bits per heavy atom. The first-order chi connectivity index (χ1) is 13.0. The van der Waals surface area contributed by atoms with Crippen molar-refractivity contribution in [1.29, 1.82) is 0 Å². The number of aliphatic imine (C=N–C) groups is 1. The van der Waals surface area contributed by atoms with E-state index in [1.807, 2.05) is 20.0 Å². The van der Waals surface area contributed by atoms with Crippen molar-refractivity contribution in [2.45, 2.75) is 57.3 Å². The SMILES string of the molecule is CCC(C)Cc1ccc(Sc2ccc3ncc(N=C(C)C)c(C)c3c2)cc1. The Kier molecular flexibility index (Phi) is 6.33. The summed E-state index contributed by atoms with van der Waals surface area (Å²) in [6, 6.07) is 15.5. The van der Waals surface area contributed by atoms with E-state index in [0.717, 1.165) is 29.3 Å². The molecule has 3 aromatic rings. The molecular formula is C24H28N2S. The minimum atomic E-state index is 0.739. The molecule has 0 N–H and O–H groups in total. The fourth-order valence-electron chi connectivity index (χ4n) is 3.09. The van der Waals surface area contributed by atoms with Gasteiger partial charge in [0.25, 0.3) is 0 Å². The molecule has 2 aromatic carbocycles. The van der Waals surface area contributed by atoms with Crippen LogP contribution in [-0.4, -0.2) is 10.7 Å². The third kappa shape index (κ3) is 4.98. The number of aryl methyl sites for hydroxylation is 1. The van der Waals surface area contributed by atoms with Gasteiger partial charge in [-0.05, 0) is 74.6 Å². The highest BCUT2D eigenvalue weighted by Gasteiger charge is 2.07. The van der Waals surface area contributed by atoms with Crippen LogP contribution in [0.15, 0.2) is 63.4 Å². The van der Waals surface area contributed by atoms with Crippen LogP contribution in [0, 0.1) is 12.8 Å². The van der Waals surface area contributed by atoms with E-state index in [1.54, 1.807) is 11.8 Å². The zero-order valence-electron chi connectivity index (χ0n) is 16.9. The van der Waals surface area contributed by atoms with Crippen molar-refractivity contribution in [2.75, 3.05) is 0 Å². The van der Waals surface area contributed by atoms with Gasteiger partial charge in [0.05, 0.1) is 17.4 Å². The first kappa shape index (κ1) is 19.6. The van der Waals surface area contributed by atoms with Gasteiger partial charge < -0.3 is 0 Å². The molecule has 1 unspecified atom stereocenters. The number of fused-ring (bicyclic) bond motifs is 1. The maximum atomic E-state index is 4.61. The summed E-state index contributed by atoms with van der Waals surface area (Å²) in [6.45, 7) is 10.7. The van der Waals surface area contributed by atoms with E-state index in [-0.39, 0.29) is 0 Å². The predicted octanol–water partition coefficient (Wildman–Crippen LogP) is 7.40. The lowest BCUT2D eigenvalue weighted by Gasteiger charge is -2.10. The standard InChI is InChI=1S/C24H28N2S/c1-6-17(4)13-19-7-9-20(10-8-19)27-21-11-12-23-22(14-21)18(5)24(15-25-23)26-16(2)3/h7-12,14-15,17H,6,13H2,1-5H3. The molecule has 0 radical (unpaired) electrons. The molecule has 0 aliphatic carbocycles. The molecule has 0 spiro atoms. The van der Waals surface area contributed by atoms with E-state index in [2.05, 4.69) is 73.2 Å². The zero-order valence-corrected chi connectivity index (χ0v) is 17.7. The predicted molar refractivity (Wildman–Crippen MR) is 119 cm³/mol. The Hall–Kier alpha value is -2.13. The molecular weight excluding hydrogens is 348 g/mol. The number of pyridine rings is 1. The van der Waals surface area contributed by atoms with Gasteiger partial charge in [0.15, 0.2) is 0 Å². The molecule has 3 heteroatoms. The fraction of sp³-hybridized carbons (Fsp3) is 0.333. The van der Waals surface area contributed by atoms with Crippen molar-refractivity contribution in [2.24, 2.45) is 10.9 Å². The first-order valence-electron chi connectivity index (χ1n) is 9.64. The minimum absolute atomic E-state index is 0.739. The normalized spacial score (nSPS) is 12.2. The molecule has 0 saturated heterocycles. The van der Waals surface area contributed by atoms with Gasteiger partial charge in [0.1, 0.15) is 0 Å². The molecule has 1 aromatic heterocycles. The largest absolute Gasteiger partial charge is 0.257 e. The molecule has 27 heavy (non-hydrogen) atoms. The number of rotatable bonds is 6. The molecule has 0 fully saturated rings. The summed E-state index contributed by atoms with van der Waals surface area (Å²) in [7, 11) is 0. The van der Waals surface area contributed by atoms with Crippen molar-refractivity contribution in [1.82, 2.24) is 4.98 Å². The van der Waals surface area contributed by atoms with Gasteiger partial charge in [-0.3, -0.25) is 9.98 Å². The molecule has 3 rings (SSSR count). The molecule has 1 heterocycles. The molecule has 2 nitrogen and oxygen atoms in total. The van der Waals surface area contributed by atoms with Crippen LogP contribution in [0.25, 0.3) is 10.9 Å². The summed E-state index contributed by atoms with van der Waals surface area (Å²) in [5, 5.41) is 1.18. The summed E-state index contributed by atoms with van der Waals surface area (Å²) in [5.74, 6) is 0.739. The third-order valence-electron chi connectivity index (χ3n) is 4.87. The van der Waals surface area contributed by atoms with Gasteiger partial charge in [-0.25, -0.2) is 0 Å². The number of hydrogen-bond acceptors (Lipinski definition) is 3. The van der Waals surface area contributed by atoms with Gasteiger partial charge in [-0.15, -0.1) is 0 Å². The third-order valence-corrected chi connectivity index (χ3v) is 5.86. The van der Waals surface area contributed by atoms with E-state index in [4.69, 9.17) is 0 Å². The Balaban J connectivity index is 1.84. The van der Waals surface area contributed by atoms with E-state index in [9.17, 15) is 0 Å². The molecule has 0 aliphatic rings. The number of hydrogen-bond donors (Lipinski definition) is 0. The highest BCUT2D eigenvalue weighted by atomic mass is 32.2. The summed E-state index contributed by atoms with van der Waals surface area (Å²) >= 11 is 1.80. The molecule has 0 saturated carbocycles. The lowest BCUT2D eigenvalue weighted by Crippen LogP contribution is -1.97. The van der Waals surface area contributed by atoms with Gasteiger partial charge in [-0.2, -0.15) is 0 Å². The van der Waals surface area contributed by atoms with Crippen molar-refractivity contribution in [3.8, 4) is 0 Å². The number of nitrogens with zero attached hydrogens (tertiary/aromatic N) is 2. The van der Waals surface area contributed by atoms with Crippen LogP contribution < -0.4 is 0 Å². The monoisotopic (exact) mass is 376 g/mol. The van der Waals surface area contributed by atoms with Gasteiger partial charge >= 0.3 is 0 Å². The molecule has 0 amide bonds.